The summed E-state index contributed by atoms with van der Waals surface area (Å²) in [5, 5.41) is 11.8. The predicted molar refractivity (Wildman–Crippen MR) is 139 cm³/mol. The van der Waals surface area contributed by atoms with Gasteiger partial charge in [-0.15, -0.1) is 12.4 Å². The van der Waals surface area contributed by atoms with Gasteiger partial charge < -0.3 is 33.8 Å². The summed E-state index contributed by atoms with van der Waals surface area (Å²) in [6, 6.07) is 7.07. The van der Waals surface area contributed by atoms with Crippen molar-refractivity contribution in [2.24, 2.45) is 5.73 Å². The molecule has 10 nitrogen and oxygen atoms in total. The lowest BCUT2D eigenvalue weighted by Gasteiger charge is -2.13. The Morgan fingerprint density at radius 2 is 1.36 bits per heavy atom. The molecule has 2 unspecified atom stereocenters. The number of halogens is 3. The summed E-state index contributed by atoms with van der Waals surface area (Å²) >= 11 is 12.3. The normalized spacial score (nSPS) is 20.6. The van der Waals surface area contributed by atoms with Crippen LogP contribution in [0, 0.1) is 10.1 Å². The second-order valence-electron chi connectivity index (χ2n) is 7.85. The van der Waals surface area contributed by atoms with E-state index in [-0.39, 0.29) is 39.6 Å². The van der Waals surface area contributed by atoms with Crippen LogP contribution in [0.2, 0.25) is 10.0 Å². The first-order valence-corrected chi connectivity index (χ1v) is 11.5. The molecule has 0 radical (unpaired) electrons. The molecule has 2 atom stereocenters. The maximum absolute atomic E-state index is 10.7. The molecule has 0 aromatic heterocycles. The molecule has 2 N–H and O–H groups in total. The van der Waals surface area contributed by atoms with E-state index in [0.717, 1.165) is 16.8 Å². The first-order valence-electron chi connectivity index (χ1n) is 10.7. The zero-order valence-corrected chi connectivity index (χ0v) is 20.6. The Morgan fingerprint density at radius 3 is 1.83 bits per heavy atom. The zero-order valence-electron chi connectivity index (χ0n) is 18.3. The van der Waals surface area contributed by atoms with Crippen LogP contribution in [0.5, 0.6) is 11.5 Å². The second kappa shape index (κ2) is 12.2. The Bertz CT molecular complexity index is 1120. The molecule has 0 spiro atoms. The average molecular weight is 561 g/mol. The number of ether oxygens (including phenoxy) is 2. The first kappa shape index (κ1) is 28.8. The van der Waals surface area contributed by atoms with E-state index in [1.807, 2.05) is 12.1 Å². The Morgan fingerprint density at radius 1 is 0.889 bits per heavy atom. The topological polar surface area (TPSA) is 125 Å². The van der Waals surface area contributed by atoms with E-state index < -0.39 is 18.1 Å². The van der Waals surface area contributed by atoms with Crippen LogP contribution in [-0.4, -0.2) is 58.7 Å². The molecular weight excluding hydrogens is 536 g/mol. The first-order chi connectivity index (χ1) is 16.5. The van der Waals surface area contributed by atoms with Gasteiger partial charge in [0.15, 0.2) is 0 Å². The van der Waals surface area contributed by atoms with Crippen LogP contribution in [0.4, 0.5) is 0 Å². The molecule has 4 heterocycles. The van der Waals surface area contributed by atoms with E-state index in [9.17, 15) is 10.1 Å². The van der Waals surface area contributed by atoms with Gasteiger partial charge in [0.25, 0.3) is 0 Å². The van der Waals surface area contributed by atoms with Crippen LogP contribution in [0.3, 0.4) is 0 Å². The molecule has 0 aliphatic carbocycles. The maximum Gasteiger partial charge on any atom is 0.498 e. The van der Waals surface area contributed by atoms with Crippen LogP contribution in [0.25, 0.3) is 0 Å². The van der Waals surface area contributed by atoms with Gasteiger partial charge in [-0.2, -0.15) is 0 Å². The molecule has 0 saturated heterocycles. The van der Waals surface area contributed by atoms with Crippen LogP contribution < -0.4 is 26.1 Å². The van der Waals surface area contributed by atoms with Gasteiger partial charge in [-0.05, 0) is 24.3 Å². The summed E-state index contributed by atoms with van der Waals surface area (Å²) in [4.78, 5) is 10.2. The average Bonchev–Trinajstić information content (AvgIpc) is 3.20. The minimum Gasteiger partial charge on any atom is -0.492 e. The molecule has 0 fully saturated rings. The van der Waals surface area contributed by atoms with Crippen molar-refractivity contribution < 1.29 is 33.0 Å². The molecule has 0 amide bonds. The number of hydrogen-bond acceptors (Lipinski definition) is 9. The molecule has 0 saturated carbocycles. The molecule has 4 aliphatic heterocycles. The van der Waals surface area contributed by atoms with Crippen LogP contribution in [0.1, 0.15) is 30.8 Å². The van der Waals surface area contributed by atoms with Crippen LogP contribution in [-0.2, 0) is 18.6 Å². The molecule has 4 aliphatic rings. The molecule has 6 rings (SSSR count). The lowest BCUT2D eigenvalue weighted by Crippen LogP contribution is -2.31. The highest BCUT2D eigenvalue weighted by Gasteiger charge is 2.45. The monoisotopic (exact) mass is 560 g/mol. The molecule has 2 aromatic carbocycles. The molecule has 2 aromatic rings. The predicted octanol–water partition coefficient (Wildman–Crippen LogP) is 2.32. The third kappa shape index (κ3) is 5.41. The van der Waals surface area contributed by atoms with Crippen molar-refractivity contribution in [1.82, 2.24) is 0 Å². The Hall–Kier alpha value is -1.76. The standard InChI is InChI=1S/C10H9BClNO5.C10H11BClNO3.CH4.ClH/c12-6-1-2-7-10-9(6)8(5-13(14)15)18-11(10)17-4-3-16-7;12-6-1-2-7-10-9(6)8(5-13)16-11(10)15-4-3-14-7;;/h1-2,8H,3-5H2;1-2,8H,3-5,13H2;1H4;1H. The van der Waals surface area contributed by atoms with Crippen molar-refractivity contribution in [3.05, 3.63) is 55.6 Å². The molecule has 194 valence electrons. The summed E-state index contributed by atoms with van der Waals surface area (Å²) in [5.74, 6) is 1.42. The second-order valence-corrected chi connectivity index (χ2v) is 8.66. The minimum atomic E-state index is -0.686. The Balaban J connectivity index is 0.000000191. The number of nitro groups is 1. The fourth-order valence-electron chi connectivity index (χ4n) is 4.44. The summed E-state index contributed by atoms with van der Waals surface area (Å²) in [6.45, 7) is 1.89. The fraction of sp³-hybridized carbons (Fsp3) is 0.429. The largest absolute Gasteiger partial charge is 0.498 e. The Kier molecular flexibility index (Phi) is 9.75. The minimum absolute atomic E-state index is 0. The van der Waals surface area contributed by atoms with Crippen LogP contribution in [0.15, 0.2) is 24.3 Å². The summed E-state index contributed by atoms with van der Waals surface area (Å²) in [6.07, 6.45) is -0.886. The quantitative estimate of drug-likeness (QED) is 0.342. The lowest BCUT2D eigenvalue weighted by atomic mass is 9.78. The number of rotatable bonds is 3. The lowest BCUT2D eigenvalue weighted by molar-refractivity contribution is -0.490. The van der Waals surface area contributed by atoms with Crippen molar-refractivity contribution in [1.29, 1.82) is 0 Å². The van der Waals surface area contributed by atoms with Crippen molar-refractivity contribution in [3.63, 3.8) is 0 Å². The summed E-state index contributed by atoms with van der Waals surface area (Å²) in [7, 11) is -1.01. The molecule has 15 heteroatoms. The van der Waals surface area contributed by atoms with E-state index in [2.05, 4.69) is 0 Å². The third-order valence-electron chi connectivity index (χ3n) is 5.83. The van der Waals surface area contributed by atoms with Gasteiger partial charge in [0.05, 0.1) is 19.3 Å². The number of benzene rings is 2. The van der Waals surface area contributed by atoms with Gasteiger partial charge >= 0.3 is 14.2 Å². The SMILES string of the molecule is C.Cl.NCC1OB2OCCOc3ccc(Cl)c1c32.O=[N+]([O-])CC1OB2OCCOc3ccc(Cl)c1c32. The van der Waals surface area contributed by atoms with E-state index in [4.69, 9.17) is 57.0 Å². The third-order valence-corrected chi connectivity index (χ3v) is 6.49. The highest BCUT2D eigenvalue weighted by Crippen LogP contribution is 2.36. The number of nitrogens with zero attached hydrogens (tertiary/aromatic N) is 1. The van der Waals surface area contributed by atoms with Crippen molar-refractivity contribution in [2.75, 3.05) is 39.5 Å². The van der Waals surface area contributed by atoms with Gasteiger partial charge in [-0.3, -0.25) is 10.1 Å². The Labute approximate surface area is 225 Å². The van der Waals surface area contributed by atoms with Gasteiger partial charge in [0.1, 0.15) is 30.8 Å². The highest BCUT2D eigenvalue weighted by molar-refractivity contribution is 6.65. The highest BCUT2D eigenvalue weighted by atomic mass is 35.5. The molecule has 36 heavy (non-hydrogen) atoms. The van der Waals surface area contributed by atoms with Crippen LogP contribution >= 0.6 is 35.6 Å². The zero-order chi connectivity index (χ0) is 23.8. The van der Waals surface area contributed by atoms with Crippen molar-refractivity contribution >= 4 is 60.8 Å². The van der Waals surface area contributed by atoms with Crippen molar-refractivity contribution in [2.45, 2.75) is 19.6 Å². The summed E-state index contributed by atoms with van der Waals surface area (Å²) < 4.78 is 33.4. The molecule has 0 bridgehead atoms. The fourth-order valence-corrected chi connectivity index (χ4v) is 5.02. The van der Waals surface area contributed by atoms with Crippen molar-refractivity contribution in [3.8, 4) is 11.5 Å². The van der Waals surface area contributed by atoms with Gasteiger partial charge in [-0.25, -0.2) is 0 Å². The van der Waals surface area contributed by atoms with Gasteiger partial charge in [0, 0.05) is 43.6 Å². The van der Waals surface area contributed by atoms with E-state index in [1.54, 1.807) is 12.1 Å². The van der Waals surface area contributed by atoms with E-state index in [0.29, 0.717) is 59.8 Å². The molecular formula is C21H25B2Cl3N2O8. The maximum atomic E-state index is 10.7. The van der Waals surface area contributed by atoms with Gasteiger partial charge in [0.2, 0.25) is 6.54 Å². The number of hydrogen-bond donors (Lipinski definition) is 1. The van der Waals surface area contributed by atoms with E-state index >= 15 is 0 Å². The summed E-state index contributed by atoms with van der Waals surface area (Å²) in [5.41, 5.74) is 8.77. The smallest absolute Gasteiger partial charge is 0.492 e. The van der Waals surface area contributed by atoms with E-state index in [1.165, 1.54) is 0 Å². The van der Waals surface area contributed by atoms with Gasteiger partial charge in [-0.1, -0.05) is 30.6 Å². The number of nitrogens with two attached hydrogens (primary N) is 1.